The Hall–Kier alpha value is -1.44. The third-order valence-electron chi connectivity index (χ3n) is 6.34. The van der Waals surface area contributed by atoms with E-state index in [0.717, 1.165) is 19.3 Å². The van der Waals surface area contributed by atoms with Gasteiger partial charge in [0.05, 0.1) is 0 Å². The van der Waals surface area contributed by atoms with Crippen molar-refractivity contribution < 1.29 is 8.78 Å². The topological polar surface area (TPSA) is 0 Å². The Morgan fingerprint density at radius 1 is 1.08 bits per heavy atom. The highest BCUT2D eigenvalue weighted by molar-refractivity contribution is 5.75. The average molecular weight is 344 g/mol. The molecule has 0 nitrogen and oxygen atoms in total. The van der Waals surface area contributed by atoms with E-state index in [-0.39, 0.29) is 11.3 Å². The highest BCUT2D eigenvalue weighted by atomic mass is 19.3. The lowest BCUT2D eigenvalue weighted by Gasteiger charge is -2.43. The largest absolute Gasteiger partial charge is 0.241 e. The van der Waals surface area contributed by atoms with Crippen LogP contribution in [-0.4, -0.2) is 6.43 Å². The number of allylic oxidation sites excluding steroid dienone is 4. The highest BCUT2D eigenvalue weighted by Gasteiger charge is 2.40. The van der Waals surface area contributed by atoms with Gasteiger partial charge in [0, 0.05) is 5.92 Å². The van der Waals surface area contributed by atoms with E-state index in [2.05, 4.69) is 49.4 Å². The number of hydrogen-bond donors (Lipinski definition) is 0. The summed E-state index contributed by atoms with van der Waals surface area (Å²) in [4.78, 5) is 0. The van der Waals surface area contributed by atoms with E-state index in [1.54, 1.807) is 0 Å². The van der Waals surface area contributed by atoms with Gasteiger partial charge >= 0.3 is 0 Å². The van der Waals surface area contributed by atoms with Crippen LogP contribution in [0.15, 0.2) is 48.6 Å². The maximum atomic E-state index is 13.0. The van der Waals surface area contributed by atoms with Gasteiger partial charge in [0.1, 0.15) is 0 Å². The molecule has 0 saturated heterocycles. The molecule has 0 aromatic heterocycles. The van der Waals surface area contributed by atoms with Crippen molar-refractivity contribution in [2.45, 2.75) is 64.7 Å². The monoisotopic (exact) mass is 344 g/mol. The minimum atomic E-state index is -2.14. The van der Waals surface area contributed by atoms with E-state index in [1.165, 1.54) is 30.4 Å². The molecule has 0 radical (unpaired) electrons. The second kappa shape index (κ2) is 8.29. The first-order valence-electron chi connectivity index (χ1n) is 9.87. The zero-order valence-electron chi connectivity index (χ0n) is 15.3. The van der Waals surface area contributed by atoms with Crippen LogP contribution in [-0.2, 0) is 0 Å². The summed E-state index contributed by atoms with van der Waals surface area (Å²) in [7, 11) is 0. The van der Waals surface area contributed by atoms with Crippen LogP contribution in [0.2, 0.25) is 0 Å². The van der Waals surface area contributed by atoms with E-state index in [9.17, 15) is 8.78 Å². The van der Waals surface area contributed by atoms with Crippen LogP contribution in [0.5, 0.6) is 0 Å². The van der Waals surface area contributed by atoms with Crippen molar-refractivity contribution in [3.8, 4) is 0 Å². The molecule has 0 N–H and O–H groups in total. The van der Waals surface area contributed by atoms with E-state index < -0.39 is 6.43 Å². The molecule has 25 heavy (non-hydrogen) atoms. The van der Waals surface area contributed by atoms with Gasteiger partial charge in [-0.15, -0.1) is 0 Å². The molecule has 1 aromatic rings. The highest BCUT2D eigenvalue weighted by Crippen LogP contribution is 2.50. The number of alkyl halides is 2. The molecule has 136 valence electrons. The summed E-state index contributed by atoms with van der Waals surface area (Å²) in [6, 6.07) is 10.5. The molecule has 2 heteroatoms. The molecular weight excluding hydrogens is 314 g/mol. The molecule has 1 unspecified atom stereocenters. The molecule has 0 bridgehead atoms. The Morgan fingerprint density at radius 3 is 2.36 bits per heavy atom. The van der Waals surface area contributed by atoms with Crippen LogP contribution in [0.25, 0.3) is 5.57 Å². The average Bonchev–Trinajstić information content (AvgIpc) is 2.67. The first-order chi connectivity index (χ1) is 12.1. The predicted molar refractivity (Wildman–Crippen MR) is 102 cm³/mol. The standard InChI is InChI=1S/C23H30F2/c1-2-3-15-23(21-11-9-20(10-12-21)22(24)25)16-13-19(14-17-23)18-7-5-4-6-8-18/h4-8,13-14,16,20-22H,2-3,9-12,15,17H2,1H3. The van der Waals surface area contributed by atoms with Crippen LogP contribution in [0.4, 0.5) is 8.78 Å². The summed E-state index contributed by atoms with van der Waals surface area (Å²) < 4.78 is 26.0. The molecule has 1 fully saturated rings. The molecule has 0 amide bonds. The molecule has 3 rings (SSSR count). The molecular formula is C23H30F2. The number of hydrogen-bond acceptors (Lipinski definition) is 0. The number of benzene rings is 1. The quantitative estimate of drug-likeness (QED) is 0.508. The normalized spacial score (nSPS) is 29.7. The van der Waals surface area contributed by atoms with Gasteiger partial charge in [-0.3, -0.25) is 0 Å². The van der Waals surface area contributed by atoms with Gasteiger partial charge in [0.2, 0.25) is 6.43 Å². The lowest BCUT2D eigenvalue weighted by atomic mass is 9.61. The van der Waals surface area contributed by atoms with E-state index >= 15 is 0 Å². The molecule has 2 aliphatic carbocycles. The lowest BCUT2D eigenvalue weighted by molar-refractivity contribution is 0.0281. The summed E-state index contributed by atoms with van der Waals surface area (Å²) in [5.74, 6) is 0.182. The van der Waals surface area contributed by atoms with Crippen molar-refractivity contribution in [1.29, 1.82) is 0 Å². The van der Waals surface area contributed by atoms with Crippen molar-refractivity contribution in [3.05, 3.63) is 54.1 Å². The third kappa shape index (κ3) is 4.22. The molecule has 0 spiro atoms. The van der Waals surface area contributed by atoms with Crippen molar-refractivity contribution in [2.24, 2.45) is 17.3 Å². The zero-order valence-corrected chi connectivity index (χ0v) is 15.3. The molecule has 1 atom stereocenters. The maximum absolute atomic E-state index is 13.0. The van der Waals surface area contributed by atoms with Crippen LogP contribution >= 0.6 is 0 Å². The van der Waals surface area contributed by atoms with Gasteiger partial charge in [-0.05, 0) is 61.0 Å². The van der Waals surface area contributed by atoms with Gasteiger partial charge < -0.3 is 0 Å². The van der Waals surface area contributed by atoms with Gasteiger partial charge in [-0.25, -0.2) is 8.78 Å². The minimum Gasteiger partial charge on any atom is -0.210 e. The Kier molecular flexibility index (Phi) is 6.09. The lowest BCUT2D eigenvalue weighted by Crippen LogP contribution is -2.34. The molecule has 2 aliphatic rings. The summed E-state index contributed by atoms with van der Waals surface area (Å²) in [6.07, 6.45) is 12.9. The Labute approximate surface area is 151 Å². The zero-order chi connectivity index (χ0) is 17.7. The summed E-state index contributed by atoms with van der Waals surface area (Å²) in [5, 5.41) is 0. The number of unbranched alkanes of at least 4 members (excludes halogenated alkanes) is 1. The summed E-state index contributed by atoms with van der Waals surface area (Å²) in [5.41, 5.74) is 2.75. The maximum Gasteiger partial charge on any atom is 0.241 e. The fourth-order valence-corrected chi connectivity index (χ4v) is 4.68. The Balaban J connectivity index is 1.73. The fourth-order valence-electron chi connectivity index (χ4n) is 4.68. The Morgan fingerprint density at radius 2 is 1.80 bits per heavy atom. The van der Waals surface area contributed by atoms with E-state index in [1.807, 2.05) is 6.07 Å². The van der Waals surface area contributed by atoms with Crippen LogP contribution in [0, 0.1) is 17.3 Å². The van der Waals surface area contributed by atoms with Crippen LogP contribution < -0.4 is 0 Å². The summed E-state index contributed by atoms with van der Waals surface area (Å²) >= 11 is 0. The minimum absolute atomic E-state index is 0.182. The predicted octanol–water partition coefficient (Wildman–Crippen LogP) is 7.28. The first-order valence-corrected chi connectivity index (χ1v) is 9.87. The van der Waals surface area contributed by atoms with Gasteiger partial charge in [-0.2, -0.15) is 0 Å². The number of halogens is 2. The van der Waals surface area contributed by atoms with Gasteiger partial charge in [0.15, 0.2) is 0 Å². The van der Waals surface area contributed by atoms with Gasteiger partial charge in [0.25, 0.3) is 0 Å². The molecule has 1 aromatic carbocycles. The third-order valence-corrected chi connectivity index (χ3v) is 6.34. The fraction of sp³-hybridized carbons (Fsp3) is 0.565. The molecule has 1 saturated carbocycles. The Bertz CT molecular complexity index is 594. The van der Waals surface area contributed by atoms with E-state index in [4.69, 9.17) is 0 Å². The van der Waals surface area contributed by atoms with Crippen molar-refractivity contribution in [1.82, 2.24) is 0 Å². The SMILES string of the molecule is CCCCC1(C2CCC(C(F)F)CC2)C=CC(c2ccccc2)=CC1. The molecule has 0 aliphatic heterocycles. The second-order valence-corrected chi connectivity index (χ2v) is 7.85. The van der Waals surface area contributed by atoms with Crippen molar-refractivity contribution >= 4 is 5.57 Å². The number of rotatable bonds is 6. The molecule has 0 heterocycles. The van der Waals surface area contributed by atoms with E-state index in [0.29, 0.717) is 18.8 Å². The first kappa shape index (κ1) is 18.4. The second-order valence-electron chi connectivity index (χ2n) is 7.85. The van der Waals surface area contributed by atoms with Crippen LogP contribution in [0.3, 0.4) is 0 Å². The smallest absolute Gasteiger partial charge is 0.210 e. The van der Waals surface area contributed by atoms with Gasteiger partial charge in [-0.1, -0.05) is 68.3 Å². The van der Waals surface area contributed by atoms with Crippen LogP contribution in [0.1, 0.15) is 63.9 Å². The van der Waals surface area contributed by atoms with Crippen molar-refractivity contribution in [3.63, 3.8) is 0 Å². The van der Waals surface area contributed by atoms with Crippen molar-refractivity contribution in [2.75, 3.05) is 0 Å². The summed E-state index contributed by atoms with van der Waals surface area (Å²) in [6.45, 7) is 2.24.